The number of methoxy groups -OCH3 is 1. The van der Waals surface area contributed by atoms with E-state index in [0.717, 1.165) is 6.07 Å². The summed E-state index contributed by atoms with van der Waals surface area (Å²) in [5, 5.41) is 42.9. The van der Waals surface area contributed by atoms with Crippen LogP contribution in [0.15, 0.2) is 126 Å². The van der Waals surface area contributed by atoms with Crippen LogP contribution in [0.5, 0.6) is 5.75 Å². The van der Waals surface area contributed by atoms with Gasteiger partial charge in [-0.15, -0.1) is 0 Å². The molecule has 61 heavy (non-hydrogen) atoms. The molecular weight excluding hydrogens is 874 g/mol. The number of ether oxygens (including phenoxy) is 1. The second-order valence-corrected chi connectivity index (χ2v) is 12.1. The molecule has 0 saturated heterocycles. The number of aliphatic hydroxyl groups is 3. The smallest absolute Gasteiger partial charge is 0.165 e. The van der Waals surface area contributed by atoms with E-state index in [9.17, 15) is 40.7 Å². The number of nitrogens with zero attached hydrogens (tertiary/aromatic N) is 2. The Morgan fingerprint density at radius 3 is 1.52 bits per heavy atom. The number of nitriles is 2. The molecule has 6 aromatic rings. The first-order valence-corrected chi connectivity index (χ1v) is 17.9. The van der Waals surface area contributed by atoms with Gasteiger partial charge >= 0.3 is 0 Å². The van der Waals surface area contributed by atoms with Crippen LogP contribution >= 0.6 is 15.9 Å². The van der Waals surface area contributed by atoms with E-state index in [-0.39, 0.29) is 58.4 Å². The number of aldehydes is 3. The van der Waals surface area contributed by atoms with Gasteiger partial charge in [0.2, 0.25) is 0 Å². The van der Waals surface area contributed by atoms with Gasteiger partial charge in [0.1, 0.15) is 29.1 Å². The second kappa shape index (κ2) is 29.3. The van der Waals surface area contributed by atoms with Gasteiger partial charge < -0.3 is 20.1 Å². The first-order chi connectivity index (χ1) is 29.3. The molecule has 0 heterocycles. The number of halogens is 7. The lowest BCUT2D eigenvalue weighted by Crippen LogP contribution is -2.01. The predicted molar refractivity (Wildman–Crippen MR) is 216 cm³/mol. The molecule has 16 heteroatoms. The summed E-state index contributed by atoms with van der Waals surface area (Å²) in [5.74, 6) is -2.67. The van der Waals surface area contributed by atoms with Crippen LogP contribution in [0.3, 0.4) is 0 Å². The number of benzene rings is 6. The van der Waals surface area contributed by atoms with Crippen molar-refractivity contribution in [3.8, 4) is 17.9 Å². The zero-order valence-electron chi connectivity index (χ0n) is 31.9. The molecule has 0 aromatic heterocycles. The summed E-state index contributed by atoms with van der Waals surface area (Å²) >= 11 is 3.02. The molecule has 0 saturated carbocycles. The molecule has 0 atom stereocenters. The highest BCUT2D eigenvalue weighted by molar-refractivity contribution is 9.10. The van der Waals surface area contributed by atoms with E-state index in [1.165, 1.54) is 86.0 Å². The van der Waals surface area contributed by atoms with E-state index < -0.39 is 29.9 Å². The first kappa shape index (κ1) is 52.1. The van der Waals surface area contributed by atoms with Crippen molar-refractivity contribution < 1.29 is 60.8 Å². The van der Waals surface area contributed by atoms with Crippen molar-refractivity contribution in [2.75, 3.05) is 7.11 Å². The zero-order valence-corrected chi connectivity index (χ0v) is 33.5. The Kier molecular flexibility index (Phi) is 25.0. The minimum absolute atomic E-state index is 0.0212. The van der Waals surface area contributed by atoms with E-state index in [4.69, 9.17) is 30.6 Å². The summed E-state index contributed by atoms with van der Waals surface area (Å²) in [6.45, 7) is -1.09. The van der Waals surface area contributed by atoms with Crippen LogP contribution in [0, 0.1) is 57.6 Å². The summed E-state index contributed by atoms with van der Waals surface area (Å²) in [6, 6.07) is 32.2. The predicted octanol–water partition coefficient (Wildman–Crippen LogP) is 9.38. The van der Waals surface area contributed by atoms with Gasteiger partial charge in [-0.3, -0.25) is 14.4 Å². The van der Waals surface area contributed by atoms with Crippen molar-refractivity contribution in [2.45, 2.75) is 19.8 Å². The van der Waals surface area contributed by atoms with Crippen LogP contribution in [0.25, 0.3) is 0 Å². The van der Waals surface area contributed by atoms with E-state index in [0.29, 0.717) is 40.0 Å². The fourth-order valence-electron chi connectivity index (χ4n) is 4.23. The first-order valence-electron chi connectivity index (χ1n) is 17.1. The van der Waals surface area contributed by atoms with Gasteiger partial charge in [0.15, 0.2) is 30.4 Å². The number of hydrogen-bond acceptors (Lipinski definition) is 9. The molecule has 0 aliphatic heterocycles. The maximum absolute atomic E-state index is 13.2. The van der Waals surface area contributed by atoms with Crippen LogP contribution in [-0.4, -0.2) is 41.3 Å². The van der Waals surface area contributed by atoms with Gasteiger partial charge in [-0.25, -0.2) is 26.3 Å². The lowest BCUT2D eigenvalue weighted by atomic mass is 10.0. The monoisotopic (exact) mass is 908 g/mol. The minimum atomic E-state index is -0.760. The standard InChI is InChI=1S/C9H9FO3.C8H4FNO.C8H9FO2.C7H4FN.C7H5FO.C6H4BrF/c10-9-7(4-12)2-1-6(3-11)8(9)5-13;9-8-2-1-6(4-10)3-7(8)5-11;1-11-8-6(5-10)3-2-4-7(8)9;8-7-3-1-6(5-9)2-4-7;8-7-4-2-1-3-6(7)5-9;7-5-3-1-2-4-6(5)8/h1-2,4,11,13H,3,5H2;1-3,5H;2-4,10H,5H2,1H3;1-4H;1-5H;1-4H. The Morgan fingerprint density at radius 1 is 0.557 bits per heavy atom. The van der Waals surface area contributed by atoms with Crippen molar-refractivity contribution in [1.82, 2.24) is 0 Å². The molecule has 3 N–H and O–H groups in total. The van der Waals surface area contributed by atoms with Crippen LogP contribution in [0.1, 0.15) is 58.9 Å². The molecule has 0 amide bonds. The van der Waals surface area contributed by atoms with Crippen molar-refractivity contribution in [1.29, 1.82) is 10.5 Å². The fourth-order valence-corrected chi connectivity index (χ4v) is 4.52. The fraction of sp³-hybridized carbons (Fsp3) is 0.0889. The Balaban J connectivity index is 0.000000368. The van der Waals surface area contributed by atoms with Crippen molar-refractivity contribution in [3.63, 3.8) is 0 Å². The van der Waals surface area contributed by atoms with Gasteiger partial charge in [0.25, 0.3) is 0 Å². The maximum atomic E-state index is 13.2. The highest BCUT2D eigenvalue weighted by Gasteiger charge is 2.11. The van der Waals surface area contributed by atoms with Gasteiger partial charge in [-0.05, 0) is 100 Å². The van der Waals surface area contributed by atoms with E-state index in [2.05, 4.69) is 15.9 Å². The summed E-state index contributed by atoms with van der Waals surface area (Å²) in [4.78, 5) is 30.4. The van der Waals surface area contributed by atoms with E-state index >= 15 is 0 Å². The lowest BCUT2D eigenvalue weighted by molar-refractivity contribution is 0.111. The summed E-state index contributed by atoms with van der Waals surface area (Å²) in [5.41, 5.74) is 1.43. The van der Waals surface area contributed by atoms with Gasteiger partial charge in [0, 0.05) is 11.1 Å². The molecule has 0 bridgehead atoms. The Labute approximate surface area is 355 Å². The molecule has 9 nitrogen and oxygen atoms in total. The minimum Gasteiger partial charge on any atom is -0.493 e. The Morgan fingerprint density at radius 2 is 1.08 bits per heavy atom. The molecule has 0 fully saturated rings. The number of rotatable bonds is 7. The largest absolute Gasteiger partial charge is 0.493 e. The normalized spacial score (nSPS) is 9.26. The lowest BCUT2D eigenvalue weighted by Gasteiger charge is -2.06. The molecule has 0 aliphatic rings. The van der Waals surface area contributed by atoms with Crippen molar-refractivity contribution in [2.24, 2.45) is 0 Å². The van der Waals surface area contributed by atoms with Gasteiger partial charge in [0.05, 0.1) is 71.4 Å². The molecule has 0 unspecified atom stereocenters. The zero-order chi connectivity index (χ0) is 45.7. The highest BCUT2D eigenvalue weighted by atomic mass is 79.9. The molecule has 0 radical (unpaired) electrons. The SMILES string of the molecule is COc1c(F)cccc1CO.Fc1ccccc1Br.N#Cc1ccc(F)c(C=O)c1.N#Cc1ccc(F)cc1.O=Cc1ccc(CO)c(CO)c1F.O=Cc1ccccc1F. The van der Waals surface area contributed by atoms with E-state index in [1.807, 2.05) is 6.07 Å². The van der Waals surface area contributed by atoms with Gasteiger partial charge in [-0.1, -0.05) is 42.5 Å². The van der Waals surface area contributed by atoms with Crippen molar-refractivity contribution in [3.05, 3.63) is 205 Å². The summed E-state index contributed by atoms with van der Waals surface area (Å²) < 4.78 is 80.6. The molecule has 0 spiro atoms. The van der Waals surface area contributed by atoms with Gasteiger partial charge in [-0.2, -0.15) is 10.5 Å². The highest BCUT2D eigenvalue weighted by Crippen LogP contribution is 2.21. The number of carbonyl (C=O) groups excluding carboxylic acids is 3. The Bertz CT molecular complexity index is 2390. The third-order valence-electron chi connectivity index (χ3n) is 7.33. The number of hydrogen-bond donors (Lipinski definition) is 3. The number of aliphatic hydroxyl groups excluding tert-OH is 3. The van der Waals surface area contributed by atoms with Crippen LogP contribution < -0.4 is 4.74 Å². The molecule has 0 aliphatic carbocycles. The summed E-state index contributed by atoms with van der Waals surface area (Å²) in [6.07, 6.45) is 1.25. The quantitative estimate of drug-likeness (QED) is 0.104. The number of carbonyl (C=O) groups is 3. The number of para-hydroxylation sites is 1. The van der Waals surface area contributed by atoms with Crippen LogP contribution in [0.4, 0.5) is 26.3 Å². The molecule has 6 aromatic carbocycles. The Hall–Kier alpha value is -6.95. The molecule has 6 rings (SSSR count). The molecule has 316 valence electrons. The average Bonchev–Trinajstić information content (AvgIpc) is 3.28. The third-order valence-corrected chi connectivity index (χ3v) is 7.97. The molecular formula is C45H35BrF6N2O7. The van der Waals surface area contributed by atoms with Crippen LogP contribution in [-0.2, 0) is 19.8 Å². The average molecular weight is 910 g/mol. The maximum Gasteiger partial charge on any atom is 0.165 e. The third kappa shape index (κ3) is 18.2. The summed E-state index contributed by atoms with van der Waals surface area (Å²) in [7, 11) is 1.37. The van der Waals surface area contributed by atoms with E-state index in [1.54, 1.807) is 42.5 Å². The topological polar surface area (TPSA) is 169 Å². The second-order valence-electron chi connectivity index (χ2n) is 11.3. The van der Waals surface area contributed by atoms with Crippen LogP contribution in [0.2, 0.25) is 0 Å². The van der Waals surface area contributed by atoms with Crippen molar-refractivity contribution >= 4 is 34.8 Å².